The number of hydrogen-bond donors (Lipinski definition) is 2. The molecule has 2 N–H and O–H groups in total. The minimum atomic E-state index is -4.37. The van der Waals surface area contributed by atoms with Gasteiger partial charge in [-0.15, -0.1) is 0 Å². The van der Waals surface area contributed by atoms with Crippen molar-refractivity contribution in [3.8, 4) is 0 Å². The molecule has 1 heterocycles. The molecule has 0 saturated heterocycles. The summed E-state index contributed by atoms with van der Waals surface area (Å²) in [4.78, 5) is 3.73. The van der Waals surface area contributed by atoms with Crippen molar-refractivity contribution in [2.24, 2.45) is 0 Å². The van der Waals surface area contributed by atoms with Gasteiger partial charge >= 0.3 is 6.18 Å². The van der Waals surface area contributed by atoms with Crippen molar-refractivity contribution in [3.63, 3.8) is 0 Å². The van der Waals surface area contributed by atoms with Crippen LogP contribution in [0.1, 0.15) is 31.2 Å². The van der Waals surface area contributed by atoms with Gasteiger partial charge in [0.1, 0.15) is 5.82 Å². The lowest BCUT2D eigenvalue weighted by Crippen LogP contribution is -2.36. The van der Waals surface area contributed by atoms with E-state index in [0.29, 0.717) is 5.82 Å². The highest BCUT2D eigenvalue weighted by atomic mass is 19.4. The molecule has 1 aliphatic carbocycles. The van der Waals surface area contributed by atoms with Crippen LogP contribution < -0.4 is 5.32 Å². The maximum atomic E-state index is 12.3. The maximum absolute atomic E-state index is 12.3. The van der Waals surface area contributed by atoms with Crippen LogP contribution in [0.4, 0.5) is 19.0 Å². The molecule has 2 atom stereocenters. The van der Waals surface area contributed by atoms with E-state index in [-0.39, 0.29) is 6.04 Å². The lowest BCUT2D eigenvalue weighted by Gasteiger charge is -2.28. The number of anilines is 1. The first-order valence-electron chi connectivity index (χ1n) is 5.94. The van der Waals surface area contributed by atoms with Crippen LogP contribution in [0.25, 0.3) is 0 Å². The molecule has 6 heteroatoms. The predicted octanol–water partition coefficient (Wildman–Crippen LogP) is 2.82. The Morgan fingerprint density at radius 1 is 1.22 bits per heavy atom. The number of hydrogen-bond acceptors (Lipinski definition) is 3. The number of aliphatic hydroxyl groups is 1. The fraction of sp³-hybridized carbons (Fsp3) is 0.583. The SMILES string of the molecule is OC1CCCCC1Nc1ccc(C(F)(F)F)cn1. The van der Waals surface area contributed by atoms with E-state index in [0.717, 1.165) is 37.9 Å². The molecule has 3 nitrogen and oxygen atoms in total. The molecule has 2 unspecified atom stereocenters. The zero-order valence-corrected chi connectivity index (χ0v) is 9.74. The van der Waals surface area contributed by atoms with Crippen LogP contribution in [0.5, 0.6) is 0 Å². The maximum Gasteiger partial charge on any atom is 0.417 e. The van der Waals surface area contributed by atoms with Crippen molar-refractivity contribution in [2.45, 2.75) is 44.0 Å². The summed E-state index contributed by atoms with van der Waals surface area (Å²) in [6.45, 7) is 0. The minimum Gasteiger partial charge on any atom is -0.391 e. The zero-order chi connectivity index (χ0) is 13.2. The van der Waals surface area contributed by atoms with Crippen LogP contribution in [0.2, 0.25) is 0 Å². The van der Waals surface area contributed by atoms with Crippen LogP contribution in [-0.2, 0) is 6.18 Å². The summed E-state index contributed by atoms with van der Waals surface area (Å²) in [6, 6.07) is 2.16. The Bertz CT molecular complexity index is 391. The van der Waals surface area contributed by atoms with Crippen molar-refractivity contribution in [3.05, 3.63) is 23.9 Å². The van der Waals surface area contributed by atoms with Gasteiger partial charge in [0.25, 0.3) is 0 Å². The van der Waals surface area contributed by atoms with Crippen molar-refractivity contribution in [2.75, 3.05) is 5.32 Å². The summed E-state index contributed by atoms with van der Waals surface area (Å²) in [5.41, 5.74) is -0.766. The standard InChI is InChI=1S/C12H15F3N2O/c13-12(14,15)8-5-6-11(16-7-8)17-9-3-1-2-4-10(9)18/h5-7,9-10,18H,1-4H2,(H,16,17). The first-order chi connectivity index (χ1) is 8.47. The molecular formula is C12H15F3N2O. The Kier molecular flexibility index (Phi) is 3.75. The molecule has 0 aromatic carbocycles. The average molecular weight is 260 g/mol. The first kappa shape index (κ1) is 13.1. The van der Waals surface area contributed by atoms with Gasteiger partial charge in [-0.2, -0.15) is 13.2 Å². The lowest BCUT2D eigenvalue weighted by molar-refractivity contribution is -0.137. The van der Waals surface area contributed by atoms with Gasteiger partial charge in [0.2, 0.25) is 0 Å². The van der Waals surface area contributed by atoms with Crippen LogP contribution in [0.15, 0.2) is 18.3 Å². The van der Waals surface area contributed by atoms with E-state index in [9.17, 15) is 18.3 Å². The summed E-state index contributed by atoms with van der Waals surface area (Å²) in [5.74, 6) is 0.369. The van der Waals surface area contributed by atoms with Crippen molar-refractivity contribution in [1.82, 2.24) is 4.98 Å². The normalized spacial score (nSPS) is 24.9. The average Bonchev–Trinajstić information content (AvgIpc) is 2.32. The fourth-order valence-electron chi connectivity index (χ4n) is 2.12. The molecule has 1 aliphatic rings. The molecule has 0 radical (unpaired) electrons. The van der Waals surface area contributed by atoms with Gasteiger partial charge in [-0.1, -0.05) is 12.8 Å². The third-order valence-electron chi connectivity index (χ3n) is 3.15. The highest BCUT2D eigenvalue weighted by molar-refractivity contribution is 5.37. The van der Waals surface area contributed by atoms with Gasteiger partial charge in [-0.05, 0) is 25.0 Å². The van der Waals surface area contributed by atoms with Crippen molar-refractivity contribution in [1.29, 1.82) is 0 Å². The minimum absolute atomic E-state index is 0.122. The number of pyridine rings is 1. The van der Waals surface area contributed by atoms with E-state index in [4.69, 9.17) is 0 Å². The molecule has 1 aromatic heterocycles. The summed E-state index contributed by atoms with van der Waals surface area (Å²) >= 11 is 0. The Balaban J connectivity index is 2.02. The summed E-state index contributed by atoms with van der Waals surface area (Å²) in [6.07, 6.45) is -0.493. The lowest BCUT2D eigenvalue weighted by atomic mass is 9.92. The van der Waals surface area contributed by atoms with Crippen LogP contribution in [-0.4, -0.2) is 22.2 Å². The molecular weight excluding hydrogens is 245 g/mol. The summed E-state index contributed by atoms with van der Waals surface area (Å²) < 4.78 is 37.0. The number of nitrogens with one attached hydrogen (secondary N) is 1. The molecule has 100 valence electrons. The quantitative estimate of drug-likeness (QED) is 0.859. The van der Waals surface area contributed by atoms with Crippen molar-refractivity contribution < 1.29 is 18.3 Å². The highest BCUT2D eigenvalue weighted by Crippen LogP contribution is 2.29. The van der Waals surface area contributed by atoms with Gasteiger partial charge in [-0.3, -0.25) is 0 Å². The Morgan fingerprint density at radius 2 is 1.94 bits per heavy atom. The molecule has 0 aliphatic heterocycles. The van der Waals surface area contributed by atoms with Gasteiger partial charge in [0.05, 0.1) is 17.7 Å². The number of aromatic nitrogens is 1. The number of rotatable bonds is 2. The first-order valence-corrected chi connectivity index (χ1v) is 5.94. The van der Waals surface area contributed by atoms with E-state index in [1.165, 1.54) is 6.07 Å². The smallest absolute Gasteiger partial charge is 0.391 e. The van der Waals surface area contributed by atoms with E-state index >= 15 is 0 Å². The molecule has 1 fully saturated rings. The predicted molar refractivity (Wildman–Crippen MR) is 61.1 cm³/mol. The second-order valence-electron chi connectivity index (χ2n) is 4.53. The molecule has 2 rings (SSSR count). The Hall–Kier alpha value is -1.30. The fourth-order valence-corrected chi connectivity index (χ4v) is 2.12. The van der Waals surface area contributed by atoms with Crippen LogP contribution in [0.3, 0.4) is 0 Å². The van der Waals surface area contributed by atoms with Gasteiger partial charge in [0, 0.05) is 6.20 Å². The van der Waals surface area contributed by atoms with E-state index in [2.05, 4.69) is 10.3 Å². The van der Waals surface area contributed by atoms with Gasteiger partial charge < -0.3 is 10.4 Å². The molecule has 1 saturated carbocycles. The largest absolute Gasteiger partial charge is 0.417 e. The monoisotopic (exact) mass is 260 g/mol. The Morgan fingerprint density at radius 3 is 2.50 bits per heavy atom. The van der Waals surface area contributed by atoms with Crippen LogP contribution >= 0.6 is 0 Å². The van der Waals surface area contributed by atoms with E-state index in [1.807, 2.05) is 0 Å². The topological polar surface area (TPSA) is 45.1 Å². The third-order valence-corrected chi connectivity index (χ3v) is 3.15. The van der Waals surface area contributed by atoms with Gasteiger partial charge in [0.15, 0.2) is 0 Å². The molecule has 18 heavy (non-hydrogen) atoms. The summed E-state index contributed by atoms with van der Waals surface area (Å²) in [7, 11) is 0. The second-order valence-corrected chi connectivity index (χ2v) is 4.53. The van der Waals surface area contributed by atoms with Gasteiger partial charge in [-0.25, -0.2) is 4.98 Å². The molecule has 1 aromatic rings. The van der Waals surface area contributed by atoms with E-state index in [1.54, 1.807) is 0 Å². The Labute approximate surface area is 103 Å². The number of aliphatic hydroxyl groups excluding tert-OH is 1. The third kappa shape index (κ3) is 3.13. The summed E-state index contributed by atoms with van der Waals surface area (Å²) in [5, 5.41) is 12.7. The number of alkyl halides is 3. The van der Waals surface area contributed by atoms with Crippen LogP contribution in [0, 0.1) is 0 Å². The molecule has 0 bridgehead atoms. The zero-order valence-electron chi connectivity index (χ0n) is 9.74. The second kappa shape index (κ2) is 5.14. The van der Waals surface area contributed by atoms with Crippen molar-refractivity contribution >= 4 is 5.82 Å². The molecule has 0 spiro atoms. The highest BCUT2D eigenvalue weighted by Gasteiger charge is 2.31. The van der Waals surface area contributed by atoms with E-state index < -0.39 is 17.8 Å². The molecule has 0 amide bonds. The number of halogens is 3. The number of nitrogens with zero attached hydrogens (tertiary/aromatic N) is 1.